The molecule has 2 saturated heterocycles. The third-order valence-electron chi connectivity index (χ3n) is 6.48. The Kier molecular flexibility index (Phi) is 9.83. The number of rotatable bonds is 4. The molecule has 0 aromatic heterocycles. The minimum atomic E-state index is -0.658. The first-order chi connectivity index (χ1) is 16.2. The van der Waals surface area contributed by atoms with Crippen molar-refractivity contribution in [3.63, 3.8) is 0 Å². The van der Waals surface area contributed by atoms with Gasteiger partial charge in [-0.25, -0.2) is 0 Å². The van der Waals surface area contributed by atoms with Crippen LogP contribution in [-0.2, 0) is 9.59 Å². The molecule has 34 heavy (non-hydrogen) atoms. The molecule has 0 spiro atoms. The molecular formula is C26H33Br2N3O3. The fourth-order valence-corrected chi connectivity index (χ4v) is 5.25. The van der Waals surface area contributed by atoms with Crippen molar-refractivity contribution < 1.29 is 14.7 Å². The number of anilines is 2. The highest BCUT2D eigenvalue weighted by Crippen LogP contribution is 2.27. The number of amides is 1. The lowest BCUT2D eigenvalue weighted by atomic mass is 9.95. The Morgan fingerprint density at radius 3 is 1.56 bits per heavy atom. The molecule has 4 rings (SSSR count). The van der Waals surface area contributed by atoms with E-state index in [1.165, 1.54) is 11.4 Å². The van der Waals surface area contributed by atoms with Crippen molar-refractivity contribution >= 4 is 55.1 Å². The molecule has 0 bridgehead atoms. The van der Waals surface area contributed by atoms with Crippen LogP contribution in [0.2, 0.25) is 0 Å². The van der Waals surface area contributed by atoms with Gasteiger partial charge in [0.25, 0.3) is 0 Å². The predicted octanol–water partition coefficient (Wildman–Crippen LogP) is 5.50. The summed E-state index contributed by atoms with van der Waals surface area (Å²) in [5, 5.41) is 8.91. The Hall–Kier alpha value is -2.06. The van der Waals surface area contributed by atoms with Gasteiger partial charge in [-0.1, -0.05) is 44.0 Å². The normalized spacial score (nSPS) is 17.1. The second-order valence-corrected chi connectivity index (χ2v) is 10.9. The number of carboxylic acid groups (broad SMARTS) is 1. The summed E-state index contributed by atoms with van der Waals surface area (Å²) in [4.78, 5) is 29.0. The minimum Gasteiger partial charge on any atom is -0.481 e. The number of carboxylic acids is 1. The van der Waals surface area contributed by atoms with Gasteiger partial charge < -0.3 is 19.8 Å². The van der Waals surface area contributed by atoms with Gasteiger partial charge in [0.05, 0.1) is 5.92 Å². The van der Waals surface area contributed by atoms with Crippen LogP contribution in [0.3, 0.4) is 0 Å². The summed E-state index contributed by atoms with van der Waals surface area (Å²) in [5.41, 5.74) is 2.40. The maximum Gasteiger partial charge on any atom is 0.306 e. The number of benzene rings is 2. The van der Waals surface area contributed by atoms with Crippen LogP contribution in [0.5, 0.6) is 0 Å². The monoisotopic (exact) mass is 593 g/mol. The standard InChI is InChI=1S/C14H19BrN2O.C12H14BrNO2/c1-16(2)14(18)11-6-8-17(9-7-11)13-5-3-4-12(15)10-13;13-10-2-1-3-11(8-10)14-6-4-9(5-7-14)12(15)16/h3-5,10-11H,6-9H2,1-2H3;1-3,8-9H,4-7H2,(H,15,16). The van der Waals surface area contributed by atoms with Gasteiger partial charge in [0.2, 0.25) is 5.91 Å². The topological polar surface area (TPSA) is 64.1 Å². The first-order valence-corrected chi connectivity index (χ1v) is 13.3. The number of hydrogen-bond donors (Lipinski definition) is 1. The lowest BCUT2D eigenvalue weighted by molar-refractivity contribution is -0.142. The van der Waals surface area contributed by atoms with Gasteiger partial charge in [0.15, 0.2) is 0 Å². The second-order valence-electron chi connectivity index (χ2n) is 9.05. The summed E-state index contributed by atoms with van der Waals surface area (Å²) >= 11 is 6.94. The van der Waals surface area contributed by atoms with E-state index in [2.05, 4.69) is 72.0 Å². The number of aliphatic carboxylic acids is 1. The van der Waals surface area contributed by atoms with Crippen molar-refractivity contribution in [1.29, 1.82) is 0 Å². The molecule has 0 aliphatic carbocycles. The van der Waals surface area contributed by atoms with E-state index in [9.17, 15) is 9.59 Å². The quantitative estimate of drug-likeness (QED) is 0.506. The smallest absolute Gasteiger partial charge is 0.306 e. The number of piperidine rings is 2. The van der Waals surface area contributed by atoms with Gasteiger partial charge in [-0.15, -0.1) is 0 Å². The third kappa shape index (κ3) is 7.47. The van der Waals surface area contributed by atoms with Crippen LogP contribution in [0.4, 0.5) is 11.4 Å². The molecule has 2 aromatic carbocycles. The molecule has 2 fully saturated rings. The van der Waals surface area contributed by atoms with Crippen LogP contribution in [0.1, 0.15) is 25.7 Å². The van der Waals surface area contributed by atoms with Gasteiger partial charge in [0.1, 0.15) is 0 Å². The Morgan fingerprint density at radius 2 is 1.21 bits per heavy atom. The second kappa shape index (κ2) is 12.6. The molecule has 2 aliphatic rings. The van der Waals surface area contributed by atoms with Crippen molar-refractivity contribution in [1.82, 2.24) is 4.90 Å². The molecule has 184 valence electrons. The Labute approximate surface area is 219 Å². The van der Waals surface area contributed by atoms with Gasteiger partial charge in [0, 0.05) is 66.5 Å². The fourth-order valence-electron chi connectivity index (χ4n) is 4.48. The summed E-state index contributed by atoms with van der Waals surface area (Å²) in [7, 11) is 3.67. The highest BCUT2D eigenvalue weighted by atomic mass is 79.9. The van der Waals surface area contributed by atoms with Crippen LogP contribution >= 0.6 is 31.9 Å². The van der Waals surface area contributed by atoms with E-state index < -0.39 is 5.97 Å². The lowest BCUT2D eigenvalue weighted by Gasteiger charge is -2.34. The molecule has 0 saturated carbocycles. The molecular weight excluding hydrogens is 562 g/mol. The van der Waals surface area contributed by atoms with E-state index in [4.69, 9.17) is 5.11 Å². The van der Waals surface area contributed by atoms with Crippen LogP contribution in [0.15, 0.2) is 57.5 Å². The first kappa shape index (κ1) is 26.5. The molecule has 0 atom stereocenters. The number of halogens is 2. The number of carbonyl (C=O) groups excluding carboxylic acids is 1. The molecule has 2 aliphatic heterocycles. The molecule has 0 unspecified atom stereocenters. The van der Waals surface area contributed by atoms with Gasteiger partial charge in [-0.05, 0) is 62.1 Å². The Balaban J connectivity index is 0.000000192. The molecule has 0 radical (unpaired) electrons. The average Bonchev–Trinajstić information content (AvgIpc) is 2.84. The molecule has 1 N–H and O–H groups in total. The van der Waals surface area contributed by atoms with Crippen LogP contribution in [0.25, 0.3) is 0 Å². The van der Waals surface area contributed by atoms with Crippen LogP contribution in [-0.4, -0.2) is 62.2 Å². The maximum absolute atomic E-state index is 11.9. The largest absolute Gasteiger partial charge is 0.481 e. The number of hydrogen-bond acceptors (Lipinski definition) is 4. The van der Waals surface area contributed by atoms with E-state index in [-0.39, 0.29) is 17.7 Å². The van der Waals surface area contributed by atoms with Crippen molar-refractivity contribution in [2.75, 3.05) is 50.1 Å². The SMILES string of the molecule is CN(C)C(=O)C1CCN(c2cccc(Br)c2)CC1.O=C(O)C1CCN(c2cccc(Br)c2)CC1. The van der Waals surface area contributed by atoms with E-state index >= 15 is 0 Å². The van der Waals surface area contributed by atoms with Gasteiger partial charge >= 0.3 is 5.97 Å². The summed E-state index contributed by atoms with van der Waals surface area (Å²) in [6, 6.07) is 16.5. The number of carbonyl (C=O) groups is 2. The highest BCUT2D eigenvalue weighted by Gasteiger charge is 2.26. The predicted molar refractivity (Wildman–Crippen MR) is 144 cm³/mol. The Morgan fingerprint density at radius 1 is 0.794 bits per heavy atom. The minimum absolute atomic E-state index is 0.164. The van der Waals surface area contributed by atoms with Crippen molar-refractivity contribution in [2.24, 2.45) is 11.8 Å². The summed E-state index contributed by atoms with van der Waals surface area (Å²) in [6.07, 6.45) is 3.37. The molecule has 8 heteroatoms. The van der Waals surface area contributed by atoms with E-state index in [0.29, 0.717) is 0 Å². The van der Waals surface area contributed by atoms with E-state index in [1.807, 2.05) is 32.3 Å². The summed E-state index contributed by atoms with van der Waals surface area (Å²) in [5.74, 6) is -0.357. The first-order valence-electron chi connectivity index (χ1n) is 11.7. The van der Waals surface area contributed by atoms with E-state index in [1.54, 1.807) is 4.90 Å². The van der Waals surface area contributed by atoms with E-state index in [0.717, 1.165) is 60.8 Å². The van der Waals surface area contributed by atoms with Crippen molar-refractivity contribution in [3.05, 3.63) is 57.5 Å². The highest BCUT2D eigenvalue weighted by molar-refractivity contribution is 9.10. The zero-order chi connectivity index (χ0) is 24.7. The molecule has 6 nitrogen and oxygen atoms in total. The molecule has 2 aromatic rings. The number of nitrogens with zero attached hydrogens (tertiary/aromatic N) is 3. The summed E-state index contributed by atoms with van der Waals surface area (Å²) in [6.45, 7) is 3.57. The summed E-state index contributed by atoms with van der Waals surface area (Å²) < 4.78 is 2.16. The average molecular weight is 595 g/mol. The zero-order valence-corrected chi connectivity index (χ0v) is 23.0. The van der Waals surface area contributed by atoms with Gasteiger partial charge in [-0.3, -0.25) is 9.59 Å². The lowest BCUT2D eigenvalue weighted by Crippen LogP contribution is -2.40. The fraction of sp³-hybridized carbons (Fsp3) is 0.462. The maximum atomic E-state index is 11.9. The third-order valence-corrected chi connectivity index (χ3v) is 7.46. The van der Waals surface area contributed by atoms with Crippen LogP contribution < -0.4 is 9.80 Å². The van der Waals surface area contributed by atoms with Crippen LogP contribution in [0, 0.1) is 11.8 Å². The van der Waals surface area contributed by atoms with Crippen molar-refractivity contribution in [2.45, 2.75) is 25.7 Å². The molecule has 2 heterocycles. The zero-order valence-electron chi connectivity index (χ0n) is 19.8. The Bertz CT molecular complexity index is 969. The van der Waals surface area contributed by atoms with Gasteiger partial charge in [-0.2, -0.15) is 0 Å². The molecule has 1 amide bonds. The van der Waals surface area contributed by atoms with Crippen molar-refractivity contribution in [3.8, 4) is 0 Å².